The van der Waals surface area contributed by atoms with Gasteiger partial charge in [-0.25, -0.2) is 4.79 Å². The Morgan fingerprint density at radius 3 is 2.73 bits per heavy atom. The predicted octanol–water partition coefficient (Wildman–Crippen LogP) is -0.470. The molecule has 1 rings (SSSR count). The number of hydrogen-bond donors (Lipinski definition) is 4. The zero-order chi connectivity index (χ0) is 16.4. The van der Waals surface area contributed by atoms with Gasteiger partial charge >= 0.3 is 12.0 Å². The van der Waals surface area contributed by atoms with Crippen LogP contribution in [-0.2, 0) is 14.3 Å². The van der Waals surface area contributed by atoms with E-state index >= 15 is 0 Å². The minimum Gasteiger partial charge on any atom is -0.469 e. The summed E-state index contributed by atoms with van der Waals surface area (Å²) in [4.78, 5) is 22.5. The maximum absolute atomic E-state index is 11.6. The van der Waals surface area contributed by atoms with Crippen molar-refractivity contribution < 1.29 is 29.3 Å². The number of carbonyl (C=O) groups excluding carboxylic acids is 2. The average molecular weight is 318 g/mol. The molecule has 0 saturated carbocycles. The molecule has 0 aromatic carbocycles. The maximum atomic E-state index is 11.6. The van der Waals surface area contributed by atoms with Crippen molar-refractivity contribution in [3.05, 3.63) is 0 Å². The molecule has 1 saturated heterocycles. The van der Waals surface area contributed by atoms with Crippen molar-refractivity contribution in [1.82, 2.24) is 10.6 Å². The number of methoxy groups -OCH3 is 1. The topological polar surface area (TPSA) is 117 Å². The van der Waals surface area contributed by atoms with Crippen LogP contribution >= 0.6 is 0 Å². The third-order valence-corrected chi connectivity index (χ3v) is 3.56. The van der Waals surface area contributed by atoms with E-state index in [2.05, 4.69) is 15.4 Å². The number of amides is 2. The molecule has 0 radical (unpaired) electrons. The van der Waals surface area contributed by atoms with Crippen molar-refractivity contribution >= 4 is 12.0 Å². The molecule has 0 spiro atoms. The minimum absolute atomic E-state index is 0.145. The van der Waals surface area contributed by atoms with Crippen LogP contribution in [0.1, 0.15) is 32.1 Å². The third kappa shape index (κ3) is 7.06. The Hall–Kier alpha value is -1.38. The molecule has 4 N–H and O–H groups in total. The van der Waals surface area contributed by atoms with Crippen LogP contribution < -0.4 is 10.6 Å². The van der Waals surface area contributed by atoms with Crippen LogP contribution in [0.4, 0.5) is 4.79 Å². The number of carbonyl (C=O) groups is 2. The molecule has 128 valence electrons. The van der Waals surface area contributed by atoms with E-state index in [1.54, 1.807) is 0 Å². The molecule has 1 heterocycles. The standard InChI is InChI=1S/C14H26N2O6/c1-21-12(18)5-3-2-4-7-15-14(20)16-9-11-13(19)10(17)6-8-22-11/h10-11,13,17,19H,2-9H2,1H3,(H2,15,16,20). The Morgan fingerprint density at radius 1 is 1.23 bits per heavy atom. The average Bonchev–Trinajstić information content (AvgIpc) is 2.51. The van der Waals surface area contributed by atoms with Crippen molar-refractivity contribution in [2.75, 3.05) is 26.8 Å². The molecular weight excluding hydrogens is 292 g/mol. The molecule has 1 aliphatic rings. The second-order valence-corrected chi connectivity index (χ2v) is 5.28. The number of unbranched alkanes of at least 4 members (excludes halogenated alkanes) is 2. The van der Waals surface area contributed by atoms with Crippen molar-refractivity contribution in [2.24, 2.45) is 0 Å². The molecule has 0 aromatic rings. The fourth-order valence-corrected chi connectivity index (χ4v) is 2.17. The lowest BCUT2D eigenvalue weighted by Crippen LogP contribution is -2.51. The van der Waals surface area contributed by atoms with E-state index in [-0.39, 0.29) is 18.5 Å². The van der Waals surface area contributed by atoms with Gasteiger partial charge in [0.2, 0.25) is 0 Å². The molecule has 2 amide bonds. The van der Waals surface area contributed by atoms with Gasteiger partial charge in [-0.2, -0.15) is 0 Å². The van der Waals surface area contributed by atoms with Crippen LogP contribution in [0.25, 0.3) is 0 Å². The summed E-state index contributed by atoms with van der Waals surface area (Å²) in [6, 6.07) is -0.344. The number of urea groups is 1. The van der Waals surface area contributed by atoms with E-state index in [1.165, 1.54) is 7.11 Å². The van der Waals surface area contributed by atoms with Gasteiger partial charge in [-0.15, -0.1) is 0 Å². The lowest BCUT2D eigenvalue weighted by Gasteiger charge is -2.32. The van der Waals surface area contributed by atoms with Gasteiger partial charge in [-0.05, 0) is 19.3 Å². The van der Waals surface area contributed by atoms with Crippen molar-refractivity contribution in [3.63, 3.8) is 0 Å². The number of ether oxygens (including phenoxy) is 2. The summed E-state index contributed by atoms with van der Waals surface area (Å²) in [7, 11) is 1.36. The van der Waals surface area contributed by atoms with Gasteiger partial charge in [0.15, 0.2) is 0 Å². The zero-order valence-electron chi connectivity index (χ0n) is 12.9. The molecule has 0 bridgehead atoms. The van der Waals surface area contributed by atoms with Crippen LogP contribution in [0.3, 0.4) is 0 Å². The number of hydrogen-bond acceptors (Lipinski definition) is 6. The number of rotatable bonds is 8. The zero-order valence-corrected chi connectivity index (χ0v) is 12.9. The second-order valence-electron chi connectivity index (χ2n) is 5.28. The molecule has 1 aliphatic heterocycles. The number of aliphatic hydroxyl groups is 2. The highest BCUT2D eigenvalue weighted by Crippen LogP contribution is 2.13. The predicted molar refractivity (Wildman–Crippen MR) is 78.3 cm³/mol. The van der Waals surface area contributed by atoms with E-state index in [4.69, 9.17) is 4.74 Å². The Balaban J connectivity index is 2.03. The SMILES string of the molecule is COC(=O)CCCCCNC(=O)NCC1OCCC(O)C1O. The second kappa shape index (κ2) is 10.4. The molecular formula is C14H26N2O6. The molecule has 0 aromatic heterocycles. The Labute approximate surface area is 130 Å². The van der Waals surface area contributed by atoms with Crippen LogP contribution in [0.2, 0.25) is 0 Å². The highest BCUT2D eigenvalue weighted by molar-refractivity contribution is 5.73. The first-order valence-corrected chi connectivity index (χ1v) is 7.61. The van der Waals surface area contributed by atoms with Gasteiger partial charge in [0.1, 0.15) is 12.2 Å². The van der Waals surface area contributed by atoms with Gasteiger partial charge in [0.05, 0.1) is 13.2 Å². The van der Waals surface area contributed by atoms with E-state index in [9.17, 15) is 19.8 Å². The third-order valence-electron chi connectivity index (χ3n) is 3.56. The Morgan fingerprint density at radius 2 is 2.00 bits per heavy atom. The number of aliphatic hydroxyl groups excluding tert-OH is 2. The molecule has 1 fully saturated rings. The van der Waals surface area contributed by atoms with E-state index in [1.807, 2.05) is 0 Å². The van der Waals surface area contributed by atoms with Crippen molar-refractivity contribution in [2.45, 2.75) is 50.4 Å². The van der Waals surface area contributed by atoms with Gasteiger partial charge < -0.3 is 30.3 Å². The van der Waals surface area contributed by atoms with Crippen molar-refractivity contribution in [1.29, 1.82) is 0 Å². The molecule has 3 atom stereocenters. The fraction of sp³-hybridized carbons (Fsp3) is 0.857. The fourth-order valence-electron chi connectivity index (χ4n) is 2.17. The molecule has 22 heavy (non-hydrogen) atoms. The summed E-state index contributed by atoms with van der Waals surface area (Å²) < 4.78 is 9.84. The first kappa shape index (κ1) is 18.7. The highest BCUT2D eigenvalue weighted by Gasteiger charge is 2.31. The largest absolute Gasteiger partial charge is 0.469 e. The van der Waals surface area contributed by atoms with Crippen LogP contribution in [0, 0.1) is 0 Å². The van der Waals surface area contributed by atoms with Crippen LogP contribution in [0.5, 0.6) is 0 Å². The van der Waals surface area contributed by atoms with E-state index < -0.39 is 18.3 Å². The van der Waals surface area contributed by atoms with Gasteiger partial charge in [0, 0.05) is 26.1 Å². The van der Waals surface area contributed by atoms with Gasteiger partial charge in [-0.3, -0.25) is 4.79 Å². The Bertz CT molecular complexity index is 352. The Kier molecular flexibility index (Phi) is 8.79. The van der Waals surface area contributed by atoms with Crippen LogP contribution in [-0.4, -0.2) is 67.3 Å². The molecule has 8 nitrogen and oxygen atoms in total. The molecule has 3 unspecified atom stereocenters. The summed E-state index contributed by atoms with van der Waals surface area (Å²) in [6.07, 6.45) is 0.741. The summed E-state index contributed by atoms with van der Waals surface area (Å²) in [5.74, 6) is -0.223. The van der Waals surface area contributed by atoms with Crippen LogP contribution in [0.15, 0.2) is 0 Å². The monoisotopic (exact) mass is 318 g/mol. The summed E-state index contributed by atoms with van der Waals surface area (Å²) in [5, 5.41) is 24.5. The lowest BCUT2D eigenvalue weighted by atomic mass is 10.0. The van der Waals surface area contributed by atoms with Gasteiger partial charge in [-0.1, -0.05) is 6.42 Å². The number of esters is 1. The summed E-state index contributed by atoms with van der Waals surface area (Å²) >= 11 is 0. The van der Waals surface area contributed by atoms with Crippen molar-refractivity contribution in [3.8, 4) is 0 Å². The summed E-state index contributed by atoms with van der Waals surface area (Å²) in [5.41, 5.74) is 0. The maximum Gasteiger partial charge on any atom is 0.314 e. The smallest absolute Gasteiger partial charge is 0.314 e. The first-order valence-electron chi connectivity index (χ1n) is 7.61. The molecule has 8 heteroatoms. The summed E-state index contributed by atoms with van der Waals surface area (Å²) in [6.45, 7) is 1.02. The van der Waals surface area contributed by atoms with Gasteiger partial charge in [0.25, 0.3) is 0 Å². The quantitative estimate of drug-likeness (QED) is 0.355. The number of nitrogens with one attached hydrogen (secondary N) is 2. The van der Waals surface area contributed by atoms with E-state index in [0.717, 1.165) is 19.3 Å². The minimum atomic E-state index is -0.979. The highest BCUT2D eigenvalue weighted by atomic mass is 16.5. The lowest BCUT2D eigenvalue weighted by molar-refractivity contribution is -0.140. The normalized spacial score (nSPS) is 24.6. The molecule has 0 aliphatic carbocycles. The first-order chi connectivity index (χ1) is 10.5. The van der Waals surface area contributed by atoms with E-state index in [0.29, 0.717) is 26.0 Å².